The molecule has 2 heterocycles. The van der Waals surface area contributed by atoms with Gasteiger partial charge in [-0.05, 0) is 31.5 Å². The molecule has 0 fully saturated rings. The van der Waals surface area contributed by atoms with Gasteiger partial charge in [-0.3, -0.25) is 4.68 Å². The number of para-hydroxylation sites is 1. The van der Waals surface area contributed by atoms with Crippen molar-refractivity contribution >= 4 is 5.69 Å². The first-order chi connectivity index (χ1) is 9.64. The topological polar surface area (TPSA) is 33.1 Å². The Balaban J connectivity index is 1.82. The minimum absolute atomic E-state index is 0.114. The molecule has 0 atom stereocenters. The van der Waals surface area contributed by atoms with Gasteiger partial charge in [0, 0.05) is 43.3 Å². The summed E-state index contributed by atoms with van der Waals surface area (Å²) in [6.07, 6.45) is 3.86. The Hall–Kier alpha value is -1.81. The van der Waals surface area contributed by atoms with E-state index in [9.17, 15) is 0 Å². The van der Waals surface area contributed by atoms with Gasteiger partial charge in [-0.15, -0.1) is 0 Å². The summed E-state index contributed by atoms with van der Waals surface area (Å²) in [5, 5.41) is 7.93. The Labute approximate surface area is 120 Å². The first kappa shape index (κ1) is 13.2. The Bertz CT molecular complexity index is 560. The van der Waals surface area contributed by atoms with Crippen LogP contribution in [0.2, 0.25) is 0 Å². The summed E-state index contributed by atoms with van der Waals surface area (Å²) in [6, 6.07) is 10.6. The molecule has 1 aromatic carbocycles. The molecule has 0 unspecified atom stereocenters. The zero-order chi connectivity index (χ0) is 14.0. The maximum Gasteiger partial charge on any atom is 0.0584 e. The van der Waals surface area contributed by atoms with Crippen LogP contribution in [0.25, 0.3) is 0 Å². The van der Waals surface area contributed by atoms with Gasteiger partial charge in [-0.1, -0.05) is 18.2 Å². The molecule has 3 rings (SSSR count). The van der Waals surface area contributed by atoms with Crippen molar-refractivity contribution in [3.05, 3.63) is 48.3 Å². The summed E-state index contributed by atoms with van der Waals surface area (Å²) in [7, 11) is 0. The van der Waals surface area contributed by atoms with Gasteiger partial charge in [0.25, 0.3) is 0 Å². The lowest BCUT2D eigenvalue weighted by molar-refractivity contribution is 0.392. The van der Waals surface area contributed by atoms with Crippen LogP contribution in [-0.4, -0.2) is 28.4 Å². The zero-order valence-corrected chi connectivity index (χ0v) is 12.2. The van der Waals surface area contributed by atoms with Gasteiger partial charge in [-0.25, -0.2) is 0 Å². The zero-order valence-electron chi connectivity index (χ0n) is 12.2. The second kappa shape index (κ2) is 5.29. The normalized spacial score (nSPS) is 17.6. The summed E-state index contributed by atoms with van der Waals surface area (Å²) in [5.74, 6) is 0. The molecule has 0 saturated carbocycles. The molecule has 20 heavy (non-hydrogen) atoms. The number of fused-ring (bicyclic) bond motifs is 1. The molecule has 0 aliphatic carbocycles. The second-order valence-corrected chi connectivity index (χ2v) is 6.06. The predicted molar refractivity (Wildman–Crippen MR) is 81.8 cm³/mol. The number of nitrogens with zero attached hydrogens (tertiary/aromatic N) is 3. The molecule has 1 aliphatic heterocycles. The van der Waals surface area contributed by atoms with Crippen molar-refractivity contribution < 1.29 is 0 Å². The maximum absolute atomic E-state index is 4.29. The lowest BCUT2D eigenvalue weighted by Crippen LogP contribution is -2.47. The first-order valence-electron chi connectivity index (χ1n) is 7.19. The molecule has 0 spiro atoms. The summed E-state index contributed by atoms with van der Waals surface area (Å²) in [5.41, 5.74) is 2.83. The number of rotatable bonds is 3. The van der Waals surface area contributed by atoms with Crippen LogP contribution in [0.5, 0.6) is 0 Å². The Morgan fingerprint density at radius 3 is 2.85 bits per heavy atom. The van der Waals surface area contributed by atoms with Gasteiger partial charge >= 0.3 is 0 Å². The van der Waals surface area contributed by atoms with Crippen molar-refractivity contribution in [3.63, 3.8) is 0 Å². The smallest absolute Gasteiger partial charge is 0.0584 e. The van der Waals surface area contributed by atoms with Crippen molar-refractivity contribution in [3.8, 4) is 0 Å². The van der Waals surface area contributed by atoms with E-state index in [1.165, 1.54) is 11.3 Å². The van der Waals surface area contributed by atoms with Gasteiger partial charge < -0.3 is 10.2 Å². The van der Waals surface area contributed by atoms with Crippen LogP contribution in [0.4, 0.5) is 5.69 Å². The largest absolute Gasteiger partial charge is 0.368 e. The monoisotopic (exact) mass is 270 g/mol. The highest BCUT2D eigenvalue weighted by Crippen LogP contribution is 2.26. The third-order valence-corrected chi connectivity index (χ3v) is 3.83. The summed E-state index contributed by atoms with van der Waals surface area (Å²) in [6.45, 7) is 8.35. The lowest BCUT2D eigenvalue weighted by atomic mass is 10.1. The van der Waals surface area contributed by atoms with Crippen molar-refractivity contribution in [2.45, 2.75) is 32.5 Å². The second-order valence-electron chi connectivity index (χ2n) is 6.06. The quantitative estimate of drug-likeness (QED) is 0.929. The third-order valence-electron chi connectivity index (χ3n) is 3.83. The fourth-order valence-corrected chi connectivity index (χ4v) is 2.78. The molecule has 0 amide bonds. The molecule has 0 bridgehead atoms. The molecule has 1 N–H and O–H groups in total. The van der Waals surface area contributed by atoms with Crippen LogP contribution < -0.4 is 10.2 Å². The fourth-order valence-electron chi connectivity index (χ4n) is 2.78. The molecule has 1 aliphatic rings. The van der Waals surface area contributed by atoms with E-state index < -0.39 is 0 Å². The Kier molecular flexibility index (Phi) is 3.49. The highest BCUT2D eigenvalue weighted by Gasteiger charge is 2.26. The number of hydrogen-bond donors (Lipinski definition) is 1. The van der Waals surface area contributed by atoms with E-state index in [-0.39, 0.29) is 5.54 Å². The minimum Gasteiger partial charge on any atom is -0.368 e. The van der Waals surface area contributed by atoms with Gasteiger partial charge in [0.1, 0.15) is 0 Å². The average molecular weight is 270 g/mol. The molecule has 106 valence electrons. The first-order valence-corrected chi connectivity index (χ1v) is 7.19. The number of anilines is 1. The molecular formula is C16H22N4. The van der Waals surface area contributed by atoms with Crippen LogP contribution in [0, 0.1) is 0 Å². The molecule has 2 aromatic rings. The molecule has 0 radical (unpaired) electrons. The average Bonchev–Trinajstić information content (AvgIpc) is 2.90. The van der Waals surface area contributed by atoms with Gasteiger partial charge in [0.15, 0.2) is 0 Å². The lowest BCUT2D eigenvalue weighted by Gasteiger charge is -2.32. The van der Waals surface area contributed by atoms with Crippen molar-refractivity contribution in [1.82, 2.24) is 15.1 Å². The number of nitrogens with one attached hydrogen (secondary N) is 1. The van der Waals surface area contributed by atoms with Crippen molar-refractivity contribution in [2.75, 3.05) is 18.0 Å². The van der Waals surface area contributed by atoms with E-state index in [0.29, 0.717) is 0 Å². The number of aromatic nitrogens is 2. The number of hydrogen-bond acceptors (Lipinski definition) is 3. The SMILES string of the molecule is CC1(C)CN(CCn2cccn2)c2ccccc2CN1. The van der Waals surface area contributed by atoms with Crippen LogP contribution in [0.3, 0.4) is 0 Å². The highest BCUT2D eigenvalue weighted by atomic mass is 15.3. The summed E-state index contributed by atoms with van der Waals surface area (Å²) < 4.78 is 1.99. The van der Waals surface area contributed by atoms with Gasteiger partial charge in [0.05, 0.1) is 6.54 Å². The van der Waals surface area contributed by atoms with E-state index >= 15 is 0 Å². The Morgan fingerprint density at radius 1 is 1.20 bits per heavy atom. The van der Waals surface area contributed by atoms with E-state index in [2.05, 4.69) is 53.4 Å². The van der Waals surface area contributed by atoms with E-state index in [0.717, 1.165) is 26.2 Å². The fraction of sp³-hybridized carbons (Fsp3) is 0.438. The van der Waals surface area contributed by atoms with Crippen molar-refractivity contribution in [2.24, 2.45) is 0 Å². The standard InChI is InChI=1S/C16H22N4/c1-16(2)13-19(10-11-20-9-5-8-18-20)15-7-4-3-6-14(15)12-17-16/h3-9,17H,10-13H2,1-2H3. The van der Waals surface area contributed by atoms with Crippen LogP contribution >= 0.6 is 0 Å². The van der Waals surface area contributed by atoms with E-state index in [1.54, 1.807) is 0 Å². The summed E-state index contributed by atoms with van der Waals surface area (Å²) in [4.78, 5) is 2.47. The maximum atomic E-state index is 4.29. The Morgan fingerprint density at radius 2 is 2.05 bits per heavy atom. The molecule has 0 saturated heterocycles. The summed E-state index contributed by atoms with van der Waals surface area (Å²) >= 11 is 0. The van der Waals surface area contributed by atoms with Gasteiger partial charge in [0.2, 0.25) is 0 Å². The van der Waals surface area contributed by atoms with Crippen LogP contribution in [0.15, 0.2) is 42.7 Å². The van der Waals surface area contributed by atoms with Crippen molar-refractivity contribution in [1.29, 1.82) is 0 Å². The van der Waals surface area contributed by atoms with E-state index in [4.69, 9.17) is 0 Å². The predicted octanol–water partition coefficient (Wildman–Crippen LogP) is 2.27. The molecule has 4 nitrogen and oxygen atoms in total. The number of benzene rings is 1. The third kappa shape index (κ3) is 2.85. The molecule has 4 heteroatoms. The minimum atomic E-state index is 0.114. The molecular weight excluding hydrogens is 248 g/mol. The van der Waals surface area contributed by atoms with E-state index in [1.807, 2.05) is 23.1 Å². The van der Waals surface area contributed by atoms with Gasteiger partial charge in [-0.2, -0.15) is 5.10 Å². The molecule has 1 aromatic heterocycles. The van der Waals surface area contributed by atoms with Crippen LogP contribution in [0.1, 0.15) is 19.4 Å². The highest BCUT2D eigenvalue weighted by molar-refractivity contribution is 5.55. The van der Waals surface area contributed by atoms with Crippen LogP contribution in [-0.2, 0) is 13.1 Å².